The molecular formula is C14H21N3O3S. The van der Waals surface area contributed by atoms with E-state index in [-0.39, 0.29) is 11.4 Å². The first-order valence-corrected chi connectivity index (χ1v) is 7.83. The van der Waals surface area contributed by atoms with E-state index in [0.29, 0.717) is 18.9 Å². The summed E-state index contributed by atoms with van der Waals surface area (Å²) in [5.41, 5.74) is 0.0872. The summed E-state index contributed by atoms with van der Waals surface area (Å²) in [4.78, 5) is 20.2. The van der Waals surface area contributed by atoms with Crippen molar-refractivity contribution in [2.24, 2.45) is 5.41 Å². The Kier molecular flexibility index (Phi) is 5.41. The molecule has 0 radical (unpaired) electrons. The van der Waals surface area contributed by atoms with Crippen LogP contribution in [0, 0.1) is 5.41 Å². The zero-order valence-corrected chi connectivity index (χ0v) is 13.5. The Labute approximate surface area is 129 Å². The third-order valence-electron chi connectivity index (χ3n) is 3.51. The van der Waals surface area contributed by atoms with Gasteiger partial charge in [-0.05, 0) is 18.3 Å². The highest BCUT2D eigenvalue weighted by molar-refractivity contribution is 7.99. The van der Waals surface area contributed by atoms with Gasteiger partial charge in [-0.25, -0.2) is 9.97 Å². The SMILES string of the molecule is CNc1cc(SCC2(CC(=O)OC)CC2)nc(COC)n1. The van der Waals surface area contributed by atoms with E-state index in [2.05, 4.69) is 15.3 Å². The quantitative estimate of drug-likeness (QED) is 0.448. The normalized spacial score (nSPS) is 15.6. The molecule has 0 aliphatic heterocycles. The van der Waals surface area contributed by atoms with Crippen molar-refractivity contribution in [3.63, 3.8) is 0 Å². The monoisotopic (exact) mass is 311 g/mol. The zero-order valence-electron chi connectivity index (χ0n) is 12.6. The standard InChI is InChI=1S/C14H21N3O3S/c1-15-10-6-12(17-11(16-10)8-19-2)21-9-14(4-5-14)7-13(18)20-3/h6H,4-5,7-9H2,1-3H3,(H,15,16,17). The molecule has 1 aromatic rings. The summed E-state index contributed by atoms with van der Waals surface area (Å²) in [7, 11) is 4.89. The fourth-order valence-electron chi connectivity index (χ4n) is 2.02. The summed E-state index contributed by atoms with van der Waals surface area (Å²) in [6, 6.07) is 1.91. The van der Waals surface area contributed by atoms with Crippen LogP contribution in [0.1, 0.15) is 25.1 Å². The minimum absolute atomic E-state index is 0.0872. The summed E-state index contributed by atoms with van der Waals surface area (Å²) in [6.07, 6.45) is 2.64. The van der Waals surface area contributed by atoms with E-state index in [1.165, 1.54) is 7.11 Å². The van der Waals surface area contributed by atoms with Crippen LogP contribution >= 0.6 is 11.8 Å². The molecule has 21 heavy (non-hydrogen) atoms. The minimum atomic E-state index is -0.133. The van der Waals surface area contributed by atoms with Gasteiger partial charge in [-0.15, -0.1) is 11.8 Å². The molecule has 116 valence electrons. The van der Waals surface area contributed by atoms with Crippen molar-refractivity contribution in [1.82, 2.24) is 9.97 Å². The van der Waals surface area contributed by atoms with E-state index >= 15 is 0 Å². The van der Waals surface area contributed by atoms with Crippen LogP contribution in [0.3, 0.4) is 0 Å². The van der Waals surface area contributed by atoms with Gasteiger partial charge < -0.3 is 14.8 Å². The lowest BCUT2D eigenvalue weighted by Gasteiger charge is -2.13. The van der Waals surface area contributed by atoms with Crippen molar-refractivity contribution < 1.29 is 14.3 Å². The van der Waals surface area contributed by atoms with Gasteiger partial charge in [0.2, 0.25) is 0 Å². The van der Waals surface area contributed by atoms with Crippen molar-refractivity contribution >= 4 is 23.5 Å². The van der Waals surface area contributed by atoms with Crippen LogP contribution in [0.25, 0.3) is 0 Å². The molecule has 6 nitrogen and oxygen atoms in total. The lowest BCUT2D eigenvalue weighted by Crippen LogP contribution is -2.13. The predicted molar refractivity (Wildman–Crippen MR) is 81.3 cm³/mol. The van der Waals surface area contributed by atoms with Crippen LogP contribution in [-0.4, -0.2) is 43.0 Å². The summed E-state index contributed by atoms with van der Waals surface area (Å²) in [6.45, 7) is 0.385. The van der Waals surface area contributed by atoms with E-state index in [9.17, 15) is 4.79 Å². The van der Waals surface area contributed by atoms with Crippen LogP contribution in [0.5, 0.6) is 0 Å². The van der Waals surface area contributed by atoms with Gasteiger partial charge in [-0.1, -0.05) is 0 Å². The molecule has 0 spiro atoms. The molecule has 0 aromatic carbocycles. The molecule has 1 aliphatic carbocycles. The zero-order chi connectivity index (χ0) is 15.3. The van der Waals surface area contributed by atoms with Crippen LogP contribution in [0.2, 0.25) is 0 Å². The number of methoxy groups -OCH3 is 2. The minimum Gasteiger partial charge on any atom is -0.469 e. The van der Waals surface area contributed by atoms with E-state index < -0.39 is 0 Å². The molecule has 0 saturated heterocycles. The third-order valence-corrected chi connectivity index (χ3v) is 4.77. The Balaban J connectivity index is 1.99. The van der Waals surface area contributed by atoms with Gasteiger partial charge in [0.05, 0.1) is 13.5 Å². The Morgan fingerprint density at radius 3 is 2.76 bits per heavy atom. The summed E-state index contributed by atoms with van der Waals surface area (Å²) < 4.78 is 9.85. The van der Waals surface area contributed by atoms with Gasteiger partial charge >= 0.3 is 5.97 Å². The number of carbonyl (C=O) groups excluding carboxylic acids is 1. The van der Waals surface area contributed by atoms with Crippen LogP contribution in [0.4, 0.5) is 5.82 Å². The molecule has 1 fully saturated rings. The van der Waals surface area contributed by atoms with Gasteiger partial charge in [0, 0.05) is 26.0 Å². The maximum atomic E-state index is 11.4. The maximum Gasteiger partial charge on any atom is 0.306 e. The molecule has 2 rings (SSSR count). The second-order valence-corrected chi connectivity index (χ2v) is 6.23. The lowest BCUT2D eigenvalue weighted by molar-refractivity contribution is -0.141. The number of anilines is 1. The van der Waals surface area contributed by atoms with E-state index in [1.54, 1.807) is 18.9 Å². The predicted octanol–water partition coefficient (Wildman–Crippen LogP) is 2.10. The average Bonchev–Trinajstić information content (AvgIpc) is 3.25. The van der Waals surface area contributed by atoms with Gasteiger partial charge in [0.15, 0.2) is 5.82 Å². The van der Waals surface area contributed by atoms with E-state index in [1.807, 2.05) is 13.1 Å². The molecule has 0 atom stereocenters. The van der Waals surface area contributed by atoms with Gasteiger partial charge in [0.25, 0.3) is 0 Å². The lowest BCUT2D eigenvalue weighted by atomic mass is 10.1. The molecule has 0 unspecified atom stereocenters. The smallest absolute Gasteiger partial charge is 0.306 e. The van der Waals surface area contributed by atoms with Crippen molar-refractivity contribution in [2.45, 2.75) is 30.9 Å². The first-order chi connectivity index (χ1) is 10.1. The first-order valence-electron chi connectivity index (χ1n) is 6.85. The molecule has 7 heteroatoms. The topological polar surface area (TPSA) is 73.3 Å². The maximum absolute atomic E-state index is 11.4. The first kappa shape index (κ1) is 16.0. The van der Waals surface area contributed by atoms with Gasteiger partial charge in [-0.2, -0.15) is 0 Å². The highest BCUT2D eigenvalue weighted by Crippen LogP contribution is 2.52. The van der Waals surface area contributed by atoms with Crippen molar-refractivity contribution in [1.29, 1.82) is 0 Å². The Morgan fingerprint density at radius 2 is 2.19 bits per heavy atom. The number of thioether (sulfide) groups is 1. The van der Waals surface area contributed by atoms with Gasteiger partial charge in [0.1, 0.15) is 17.5 Å². The number of hydrogen-bond acceptors (Lipinski definition) is 7. The second-order valence-electron chi connectivity index (χ2n) is 5.23. The number of nitrogens with one attached hydrogen (secondary N) is 1. The fraction of sp³-hybridized carbons (Fsp3) is 0.643. The highest BCUT2D eigenvalue weighted by Gasteiger charge is 2.44. The number of hydrogen-bond donors (Lipinski definition) is 1. The number of carbonyl (C=O) groups is 1. The molecule has 0 amide bonds. The second kappa shape index (κ2) is 7.09. The highest BCUT2D eigenvalue weighted by atomic mass is 32.2. The summed E-state index contributed by atoms with van der Waals surface area (Å²) in [5.74, 6) is 2.17. The Morgan fingerprint density at radius 1 is 1.43 bits per heavy atom. The van der Waals surface area contributed by atoms with Crippen molar-refractivity contribution in [2.75, 3.05) is 32.3 Å². The molecule has 1 aromatic heterocycles. The molecular weight excluding hydrogens is 290 g/mol. The van der Waals surface area contributed by atoms with Crippen molar-refractivity contribution in [3.05, 3.63) is 11.9 Å². The van der Waals surface area contributed by atoms with Crippen LogP contribution in [0.15, 0.2) is 11.1 Å². The average molecular weight is 311 g/mol. The summed E-state index contributed by atoms with van der Waals surface area (Å²) >= 11 is 1.66. The van der Waals surface area contributed by atoms with Gasteiger partial charge in [-0.3, -0.25) is 4.79 Å². The van der Waals surface area contributed by atoms with Crippen molar-refractivity contribution in [3.8, 4) is 0 Å². The number of aromatic nitrogens is 2. The summed E-state index contributed by atoms with van der Waals surface area (Å²) in [5, 5.41) is 3.93. The molecule has 1 heterocycles. The Bertz CT molecular complexity index is 506. The van der Waals surface area contributed by atoms with E-state index in [4.69, 9.17) is 9.47 Å². The molecule has 1 aliphatic rings. The number of nitrogens with zero attached hydrogens (tertiary/aromatic N) is 2. The third kappa shape index (κ3) is 4.57. The number of ether oxygens (including phenoxy) is 2. The molecule has 1 N–H and O–H groups in total. The fourth-order valence-corrected chi connectivity index (χ4v) is 3.23. The molecule has 1 saturated carbocycles. The van der Waals surface area contributed by atoms with E-state index in [0.717, 1.165) is 29.4 Å². The number of rotatable bonds is 8. The van der Waals surface area contributed by atoms with Crippen LogP contribution in [-0.2, 0) is 20.9 Å². The molecule has 0 bridgehead atoms. The Hall–Kier alpha value is -1.34. The largest absolute Gasteiger partial charge is 0.469 e. The number of esters is 1. The van der Waals surface area contributed by atoms with Crippen LogP contribution < -0.4 is 5.32 Å².